The van der Waals surface area contributed by atoms with E-state index in [0.717, 1.165) is 11.5 Å². The van der Waals surface area contributed by atoms with Crippen molar-refractivity contribution in [1.29, 1.82) is 0 Å². The van der Waals surface area contributed by atoms with Gasteiger partial charge < -0.3 is 14.8 Å². The van der Waals surface area contributed by atoms with Gasteiger partial charge in [-0.05, 0) is 18.7 Å². The molecule has 1 aromatic heterocycles. The fourth-order valence-electron chi connectivity index (χ4n) is 1.21. The molecule has 90 valence electrons. The number of carboxylic acids is 1. The number of thioether (sulfide) groups is 1. The average Bonchev–Trinajstić information content (AvgIpc) is 2.72. The lowest BCUT2D eigenvalue weighted by atomic mass is 10.3. The summed E-state index contributed by atoms with van der Waals surface area (Å²) in [5.74, 6) is 1.86. The fraction of sp³-hybridized carbons (Fsp3) is 0.545. The Hall–Kier alpha value is -0.940. The number of rotatable bonds is 7. The molecule has 0 radical (unpaired) electrons. The first kappa shape index (κ1) is 13.1. The first-order chi connectivity index (χ1) is 7.63. The molecule has 0 aromatic carbocycles. The third-order valence-corrected chi connectivity index (χ3v) is 3.24. The van der Waals surface area contributed by atoms with Gasteiger partial charge in [-0.1, -0.05) is 6.92 Å². The van der Waals surface area contributed by atoms with Gasteiger partial charge >= 0.3 is 5.97 Å². The molecule has 1 heterocycles. The van der Waals surface area contributed by atoms with Crippen LogP contribution in [0.25, 0.3) is 0 Å². The monoisotopic (exact) mass is 243 g/mol. The van der Waals surface area contributed by atoms with Crippen LogP contribution in [0, 0.1) is 0 Å². The zero-order valence-electron chi connectivity index (χ0n) is 9.53. The van der Waals surface area contributed by atoms with Crippen molar-refractivity contribution in [3.8, 4) is 0 Å². The van der Waals surface area contributed by atoms with Gasteiger partial charge in [0.05, 0.1) is 12.1 Å². The lowest BCUT2D eigenvalue weighted by Crippen LogP contribution is -2.27. The molecule has 0 aliphatic rings. The second kappa shape index (κ2) is 6.60. The minimum absolute atomic E-state index is 0.201. The van der Waals surface area contributed by atoms with E-state index in [1.165, 1.54) is 6.26 Å². The van der Waals surface area contributed by atoms with E-state index in [2.05, 4.69) is 19.2 Å². The van der Waals surface area contributed by atoms with E-state index < -0.39 is 5.97 Å². The molecule has 0 spiro atoms. The Morgan fingerprint density at radius 3 is 3.00 bits per heavy atom. The number of aromatic carboxylic acids is 1. The number of hydrogen-bond donors (Lipinski definition) is 2. The molecule has 1 atom stereocenters. The summed E-state index contributed by atoms with van der Waals surface area (Å²) >= 11 is 1.87. The van der Waals surface area contributed by atoms with Crippen molar-refractivity contribution in [2.24, 2.45) is 0 Å². The Bertz CT molecular complexity index is 338. The maximum Gasteiger partial charge on any atom is 0.338 e. The normalized spacial score (nSPS) is 12.6. The molecule has 0 amide bonds. The molecule has 0 bridgehead atoms. The summed E-state index contributed by atoms with van der Waals surface area (Å²) in [5, 5.41) is 12.0. The Balaban J connectivity index is 2.33. The SMILES string of the molecule is CCSCC(C)NCc1cc(C(=O)O)co1. The standard InChI is InChI=1S/C11H17NO3S/c1-3-16-7-8(2)12-5-10-4-9(6-15-10)11(13)14/h4,6,8,12H,3,5,7H2,1-2H3,(H,13,14). The number of carbonyl (C=O) groups is 1. The molecule has 0 saturated heterocycles. The lowest BCUT2D eigenvalue weighted by Gasteiger charge is -2.11. The smallest absolute Gasteiger partial charge is 0.338 e. The van der Waals surface area contributed by atoms with Crippen molar-refractivity contribution in [3.05, 3.63) is 23.7 Å². The van der Waals surface area contributed by atoms with Crippen LogP contribution in [0.1, 0.15) is 30.0 Å². The van der Waals surface area contributed by atoms with Gasteiger partial charge in [0, 0.05) is 11.8 Å². The van der Waals surface area contributed by atoms with Crippen LogP contribution in [-0.2, 0) is 6.54 Å². The molecule has 0 fully saturated rings. The summed E-state index contributed by atoms with van der Waals surface area (Å²) in [6.07, 6.45) is 1.27. The van der Waals surface area contributed by atoms with Crippen LogP contribution in [0.4, 0.5) is 0 Å². The lowest BCUT2D eigenvalue weighted by molar-refractivity contribution is 0.0696. The van der Waals surface area contributed by atoms with Gasteiger partial charge in [0.1, 0.15) is 12.0 Å². The fourth-order valence-corrected chi connectivity index (χ4v) is 1.92. The minimum Gasteiger partial charge on any atom is -0.478 e. The van der Waals surface area contributed by atoms with E-state index in [1.54, 1.807) is 6.07 Å². The van der Waals surface area contributed by atoms with E-state index in [-0.39, 0.29) is 5.56 Å². The van der Waals surface area contributed by atoms with Gasteiger partial charge in [-0.15, -0.1) is 0 Å². The highest BCUT2D eigenvalue weighted by Gasteiger charge is 2.08. The van der Waals surface area contributed by atoms with Crippen molar-refractivity contribution in [2.45, 2.75) is 26.4 Å². The average molecular weight is 243 g/mol. The van der Waals surface area contributed by atoms with Crippen LogP contribution >= 0.6 is 11.8 Å². The summed E-state index contributed by atoms with van der Waals surface area (Å²) in [4.78, 5) is 10.6. The van der Waals surface area contributed by atoms with Crippen molar-refractivity contribution in [1.82, 2.24) is 5.32 Å². The molecular formula is C11H17NO3S. The van der Waals surface area contributed by atoms with Crippen molar-refractivity contribution < 1.29 is 14.3 Å². The second-order valence-corrected chi connectivity index (χ2v) is 4.87. The zero-order chi connectivity index (χ0) is 12.0. The molecule has 4 nitrogen and oxygen atoms in total. The maximum absolute atomic E-state index is 10.6. The van der Waals surface area contributed by atoms with Crippen LogP contribution < -0.4 is 5.32 Å². The largest absolute Gasteiger partial charge is 0.478 e. The highest BCUT2D eigenvalue weighted by molar-refractivity contribution is 7.99. The quantitative estimate of drug-likeness (QED) is 0.768. The van der Waals surface area contributed by atoms with Gasteiger partial charge in [0.25, 0.3) is 0 Å². The Morgan fingerprint density at radius 2 is 2.44 bits per heavy atom. The summed E-state index contributed by atoms with van der Waals surface area (Å²) in [6, 6.07) is 1.94. The maximum atomic E-state index is 10.6. The van der Waals surface area contributed by atoms with Gasteiger partial charge in [0.2, 0.25) is 0 Å². The number of nitrogens with one attached hydrogen (secondary N) is 1. The predicted octanol–water partition coefficient (Wildman–Crippen LogP) is 2.21. The van der Waals surface area contributed by atoms with Crippen molar-refractivity contribution >= 4 is 17.7 Å². The summed E-state index contributed by atoms with van der Waals surface area (Å²) < 4.78 is 5.13. The Labute approximate surface area is 99.4 Å². The molecule has 16 heavy (non-hydrogen) atoms. The Morgan fingerprint density at radius 1 is 1.69 bits per heavy atom. The van der Waals surface area contributed by atoms with Crippen molar-refractivity contribution in [3.63, 3.8) is 0 Å². The first-order valence-corrected chi connectivity index (χ1v) is 6.40. The Kier molecular flexibility index (Phi) is 5.42. The summed E-state index contributed by atoms with van der Waals surface area (Å²) in [6.45, 7) is 4.80. The highest BCUT2D eigenvalue weighted by atomic mass is 32.2. The highest BCUT2D eigenvalue weighted by Crippen LogP contribution is 2.08. The topological polar surface area (TPSA) is 62.5 Å². The predicted molar refractivity (Wildman–Crippen MR) is 65.0 cm³/mol. The second-order valence-electron chi connectivity index (χ2n) is 3.55. The molecule has 0 saturated carbocycles. The van der Waals surface area contributed by atoms with E-state index >= 15 is 0 Å². The van der Waals surface area contributed by atoms with Crippen molar-refractivity contribution in [2.75, 3.05) is 11.5 Å². The van der Waals surface area contributed by atoms with E-state index in [0.29, 0.717) is 18.3 Å². The number of furan rings is 1. The van der Waals surface area contributed by atoms with Gasteiger partial charge in [-0.25, -0.2) is 4.79 Å². The molecule has 1 aromatic rings. The van der Waals surface area contributed by atoms with E-state index in [1.807, 2.05) is 11.8 Å². The van der Waals surface area contributed by atoms with E-state index in [4.69, 9.17) is 9.52 Å². The van der Waals surface area contributed by atoms with Crippen LogP contribution in [0.5, 0.6) is 0 Å². The van der Waals surface area contributed by atoms with Gasteiger partial charge in [-0.3, -0.25) is 0 Å². The zero-order valence-corrected chi connectivity index (χ0v) is 10.3. The van der Waals surface area contributed by atoms with Crippen LogP contribution in [0.15, 0.2) is 16.7 Å². The molecule has 1 rings (SSSR count). The third kappa shape index (κ3) is 4.28. The molecule has 2 N–H and O–H groups in total. The van der Waals surface area contributed by atoms with Gasteiger partial charge in [-0.2, -0.15) is 11.8 Å². The van der Waals surface area contributed by atoms with Crippen LogP contribution in [-0.4, -0.2) is 28.6 Å². The van der Waals surface area contributed by atoms with E-state index in [9.17, 15) is 4.79 Å². The molecular weight excluding hydrogens is 226 g/mol. The molecule has 0 aliphatic carbocycles. The number of hydrogen-bond acceptors (Lipinski definition) is 4. The molecule has 0 aliphatic heterocycles. The molecule has 1 unspecified atom stereocenters. The van der Waals surface area contributed by atoms with Crippen LogP contribution in [0.2, 0.25) is 0 Å². The first-order valence-electron chi connectivity index (χ1n) is 5.25. The number of carboxylic acid groups (broad SMARTS) is 1. The minimum atomic E-state index is -0.954. The summed E-state index contributed by atoms with van der Waals surface area (Å²) in [7, 11) is 0. The summed E-state index contributed by atoms with van der Waals surface area (Å²) in [5.41, 5.74) is 0.201. The third-order valence-electron chi connectivity index (χ3n) is 2.10. The van der Waals surface area contributed by atoms with Gasteiger partial charge in [0.15, 0.2) is 0 Å². The van der Waals surface area contributed by atoms with Crippen LogP contribution in [0.3, 0.4) is 0 Å². The molecule has 5 heteroatoms.